The van der Waals surface area contributed by atoms with Crippen LogP contribution in [0, 0.1) is 6.92 Å². The van der Waals surface area contributed by atoms with E-state index in [4.69, 9.17) is 16.0 Å². The second kappa shape index (κ2) is 7.18. The average Bonchev–Trinajstić information content (AvgIpc) is 3.21. The van der Waals surface area contributed by atoms with Crippen LogP contribution < -0.4 is 0 Å². The third kappa shape index (κ3) is 3.61. The molecule has 3 heterocycles. The Labute approximate surface area is 146 Å². The van der Waals surface area contributed by atoms with Crippen LogP contribution in [0.5, 0.6) is 0 Å². The van der Waals surface area contributed by atoms with Crippen molar-refractivity contribution in [2.24, 2.45) is 7.05 Å². The predicted octanol–water partition coefficient (Wildman–Crippen LogP) is 0.832. The van der Waals surface area contributed by atoms with Crippen LogP contribution in [0.1, 0.15) is 24.5 Å². The molecule has 132 valence electrons. The number of aliphatic hydroxyl groups is 1. The molecule has 0 bridgehead atoms. The third-order valence-electron chi connectivity index (χ3n) is 4.51. The highest BCUT2D eigenvalue weighted by Gasteiger charge is 2.36. The lowest BCUT2D eigenvalue weighted by atomic mass is 10.2. The van der Waals surface area contributed by atoms with E-state index in [0.717, 1.165) is 18.9 Å². The number of hydrogen-bond donors (Lipinski definition) is 1. The zero-order chi connectivity index (χ0) is 17.3. The Bertz CT molecular complexity index is 687. The summed E-state index contributed by atoms with van der Waals surface area (Å²) in [5.41, 5.74) is 0. The molecule has 0 saturated carbocycles. The van der Waals surface area contributed by atoms with Crippen molar-refractivity contribution in [2.45, 2.75) is 39.1 Å². The molecule has 1 saturated heterocycles. The lowest BCUT2D eigenvalue weighted by Crippen LogP contribution is -2.42. The zero-order valence-electron chi connectivity index (χ0n) is 14.2. The first-order valence-corrected chi connectivity index (χ1v) is 8.45. The number of halogens is 1. The van der Waals surface area contributed by atoms with Crippen molar-refractivity contribution in [2.75, 3.05) is 19.6 Å². The number of nitrogens with zero attached hydrogens (tertiary/aromatic N) is 6. The van der Waals surface area contributed by atoms with Gasteiger partial charge in [0.25, 0.3) is 0 Å². The normalized spacial score (nSPS) is 21.9. The highest BCUT2D eigenvalue weighted by molar-refractivity contribution is 6.29. The minimum absolute atomic E-state index is 0.0259. The fourth-order valence-corrected chi connectivity index (χ4v) is 3.29. The van der Waals surface area contributed by atoms with Crippen molar-refractivity contribution in [3.63, 3.8) is 0 Å². The molecular formula is C15H23ClN6O2. The molecule has 0 aromatic carbocycles. The zero-order valence-corrected chi connectivity index (χ0v) is 14.9. The van der Waals surface area contributed by atoms with Crippen LogP contribution in [0.2, 0.25) is 5.15 Å². The van der Waals surface area contributed by atoms with Crippen LogP contribution in [-0.4, -0.2) is 66.4 Å². The predicted molar refractivity (Wildman–Crippen MR) is 88.4 cm³/mol. The molecule has 9 heteroatoms. The summed E-state index contributed by atoms with van der Waals surface area (Å²) < 4.78 is 7.33. The Hall–Kier alpha value is -1.48. The molecule has 24 heavy (non-hydrogen) atoms. The minimum atomic E-state index is -0.426. The lowest BCUT2D eigenvalue weighted by molar-refractivity contribution is 0.0760. The Balaban J connectivity index is 1.64. The first-order chi connectivity index (χ1) is 11.5. The summed E-state index contributed by atoms with van der Waals surface area (Å²) in [4.78, 5) is 8.69. The number of imidazole rings is 1. The third-order valence-corrected chi connectivity index (χ3v) is 4.86. The van der Waals surface area contributed by atoms with Gasteiger partial charge in [-0.2, -0.15) is 0 Å². The topological polar surface area (TPSA) is 83.5 Å². The van der Waals surface area contributed by atoms with E-state index in [1.807, 2.05) is 11.6 Å². The molecule has 2 atom stereocenters. The van der Waals surface area contributed by atoms with E-state index in [1.165, 1.54) is 0 Å². The molecule has 0 amide bonds. The van der Waals surface area contributed by atoms with E-state index in [2.05, 4.69) is 31.9 Å². The van der Waals surface area contributed by atoms with E-state index < -0.39 is 6.10 Å². The first kappa shape index (κ1) is 17.3. The van der Waals surface area contributed by atoms with Crippen molar-refractivity contribution < 1.29 is 9.52 Å². The molecular weight excluding hydrogens is 332 g/mol. The Morgan fingerprint density at radius 2 is 2.21 bits per heavy atom. The quantitative estimate of drug-likeness (QED) is 0.822. The second-order valence-corrected chi connectivity index (χ2v) is 6.55. The Kier molecular flexibility index (Phi) is 5.19. The number of rotatable bonds is 6. The van der Waals surface area contributed by atoms with E-state index in [1.54, 1.807) is 13.1 Å². The van der Waals surface area contributed by atoms with Crippen molar-refractivity contribution >= 4 is 11.6 Å². The number of aryl methyl sites for hydroxylation is 1. The number of likely N-dealkylation sites (N-methyl/N-ethyl adjacent to an activating group) is 1. The number of likely N-dealkylation sites (tertiary alicyclic amines) is 1. The number of aliphatic hydroxyl groups excluding tert-OH is 1. The molecule has 1 aliphatic heterocycles. The summed E-state index contributed by atoms with van der Waals surface area (Å²) in [7, 11) is 1.89. The molecule has 1 N–H and O–H groups in total. The molecule has 8 nitrogen and oxygen atoms in total. The van der Waals surface area contributed by atoms with Crippen LogP contribution in [0.25, 0.3) is 0 Å². The van der Waals surface area contributed by atoms with Crippen molar-refractivity contribution in [3.05, 3.63) is 29.0 Å². The monoisotopic (exact) mass is 354 g/mol. The van der Waals surface area contributed by atoms with Gasteiger partial charge in [-0.1, -0.05) is 18.5 Å². The van der Waals surface area contributed by atoms with Gasteiger partial charge in [0.2, 0.25) is 11.8 Å². The molecule has 0 spiro atoms. The molecule has 2 aromatic rings. The van der Waals surface area contributed by atoms with Gasteiger partial charge in [-0.15, -0.1) is 10.2 Å². The standard InChI is InChI=1S/C15H23ClN6O2/c1-4-22(9-15-19-18-10(2)24-15)11-6-21(7-12(11)23)8-14-17-5-13(16)20(14)3/h5,11-12,23H,4,6-9H2,1-3H3/t11-,12+/m0/s1. The van der Waals surface area contributed by atoms with E-state index in [-0.39, 0.29) is 6.04 Å². The molecule has 3 rings (SSSR count). The van der Waals surface area contributed by atoms with Crippen LogP contribution in [-0.2, 0) is 20.1 Å². The van der Waals surface area contributed by atoms with E-state index >= 15 is 0 Å². The molecule has 0 aliphatic carbocycles. The summed E-state index contributed by atoms with van der Waals surface area (Å²) in [6.07, 6.45) is 1.22. The van der Waals surface area contributed by atoms with Crippen molar-refractivity contribution in [3.8, 4) is 0 Å². The van der Waals surface area contributed by atoms with E-state index in [0.29, 0.717) is 36.6 Å². The fourth-order valence-electron chi connectivity index (χ4n) is 3.14. The van der Waals surface area contributed by atoms with Crippen LogP contribution >= 0.6 is 11.6 Å². The van der Waals surface area contributed by atoms with Crippen LogP contribution in [0.3, 0.4) is 0 Å². The lowest BCUT2D eigenvalue weighted by Gasteiger charge is -2.28. The number of aromatic nitrogens is 4. The van der Waals surface area contributed by atoms with Gasteiger partial charge in [-0.3, -0.25) is 9.80 Å². The van der Waals surface area contributed by atoms with Crippen molar-refractivity contribution in [1.29, 1.82) is 0 Å². The molecule has 0 unspecified atom stereocenters. The maximum absolute atomic E-state index is 10.5. The minimum Gasteiger partial charge on any atom is -0.424 e. The number of hydrogen-bond acceptors (Lipinski definition) is 7. The summed E-state index contributed by atoms with van der Waals surface area (Å²) in [6.45, 7) is 7.20. The summed E-state index contributed by atoms with van der Waals surface area (Å²) in [6, 6.07) is 0.0259. The largest absolute Gasteiger partial charge is 0.424 e. The maximum atomic E-state index is 10.5. The van der Waals surface area contributed by atoms with E-state index in [9.17, 15) is 5.11 Å². The molecule has 1 fully saturated rings. The van der Waals surface area contributed by atoms with Gasteiger partial charge in [-0.05, 0) is 6.54 Å². The summed E-state index contributed by atoms with van der Waals surface area (Å²) in [5, 5.41) is 19.0. The number of β-amino-alcohol motifs (C(OH)–C–C–N with tert-alkyl or cyclic N) is 1. The van der Waals surface area contributed by atoms with Gasteiger partial charge in [0.1, 0.15) is 11.0 Å². The van der Waals surface area contributed by atoms with Gasteiger partial charge >= 0.3 is 0 Å². The van der Waals surface area contributed by atoms with Gasteiger partial charge in [0.15, 0.2) is 0 Å². The Morgan fingerprint density at radius 1 is 1.42 bits per heavy atom. The molecule has 1 aliphatic rings. The highest BCUT2D eigenvalue weighted by atomic mass is 35.5. The van der Waals surface area contributed by atoms with Gasteiger partial charge in [0.05, 0.1) is 31.4 Å². The van der Waals surface area contributed by atoms with Crippen molar-refractivity contribution in [1.82, 2.24) is 29.5 Å². The van der Waals surface area contributed by atoms with Gasteiger partial charge in [-0.25, -0.2) is 4.98 Å². The summed E-state index contributed by atoms with van der Waals surface area (Å²) in [5.74, 6) is 2.03. The van der Waals surface area contributed by atoms with Crippen LogP contribution in [0.15, 0.2) is 10.6 Å². The average molecular weight is 355 g/mol. The van der Waals surface area contributed by atoms with Gasteiger partial charge < -0.3 is 14.1 Å². The second-order valence-electron chi connectivity index (χ2n) is 6.16. The summed E-state index contributed by atoms with van der Waals surface area (Å²) >= 11 is 6.04. The van der Waals surface area contributed by atoms with Crippen LogP contribution in [0.4, 0.5) is 0 Å². The molecule has 2 aromatic heterocycles. The SMILES string of the molecule is CCN(Cc1nnc(C)o1)[C@H]1CN(Cc2ncc(Cl)n2C)C[C@H]1O. The first-order valence-electron chi connectivity index (χ1n) is 8.07. The Morgan fingerprint density at radius 3 is 2.79 bits per heavy atom. The van der Waals surface area contributed by atoms with Gasteiger partial charge in [0, 0.05) is 27.1 Å². The molecule has 0 radical (unpaired) electrons. The smallest absolute Gasteiger partial charge is 0.230 e. The fraction of sp³-hybridized carbons (Fsp3) is 0.667. The maximum Gasteiger partial charge on any atom is 0.230 e. The highest BCUT2D eigenvalue weighted by Crippen LogP contribution is 2.21.